The normalized spacial score (nSPS) is 39.3. The molecule has 0 spiro atoms. The van der Waals surface area contributed by atoms with Crippen molar-refractivity contribution in [3.63, 3.8) is 0 Å². The first-order valence-corrected chi connectivity index (χ1v) is 21.6. The Morgan fingerprint density at radius 1 is 0.792 bits per heavy atom. The van der Waals surface area contributed by atoms with E-state index in [1.807, 2.05) is 13.0 Å². The van der Waals surface area contributed by atoms with E-state index < -0.39 is 11.4 Å². The largest absolute Gasteiger partial charge is 0.481 e. The van der Waals surface area contributed by atoms with Gasteiger partial charge in [-0.15, -0.1) is 0 Å². The van der Waals surface area contributed by atoms with Crippen LogP contribution in [0.4, 0.5) is 0 Å². The molecule has 5 aliphatic rings. The number of hydrogen-bond donors (Lipinski definition) is 1. The third kappa shape index (κ3) is 7.98. The average Bonchev–Trinajstić information content (AvgIpc) is 3.09. The molecule has 0 aromatic heterocycles. The number of rotatable bonds is 15. The maximum Gasteiger partial charge on any atom is 0.309 e. The number of carbonyl (C=O) groups is 3. The number of ketones is 1. The van der Waals surface area contributed by atoms with Gasteiger partial charge in [-0.3, -0.25) is 14.4 Å². The van der Waals surface area contributed by atoms with Gasteiger partial charge < -0.3 is 9.84 Å². The zero-order chi connectivity index (χ0) is 38.7. The van der Waals surface area contributed by atoms with Crippen LogP contribution in [0, 0.1) is 50.2 Å². The molecule has 0 radical (unpaired) electrons. The second kappa shape index (κ2) is 16.4. The first-order chi connectivity index (χ1) is 25.0. The molecule has 9 atom stereocenters. The van der Waals surface area contributed by atoms with Gasteiger partial charge in [0.05, 0.1) is 5.41 Å². The molecule has 0 amide bonds. The molecule has 5 rings (SSSR count). The Kier molecular flexibility index (Phi) is 12.9. The Hall–Kier alpha value is -2.43. The summed E-state index contributed by atoms with van der Waals surface area (Å²) < 4.78 is 6.32. The number of hydrogen-bond acceptors (Lipinski definition) is 4. The van der Waals surface area contributed by atoms with Crippen molar-refractivity contribution in [3.8, 4) is 0 Å². The number of aliphatic carboxylic acids is 1. The Morgan fingerprint density at radius 2 is 1.43 bits per heavy atom. The van der Waals surface area contributed by atoms with Gasteiger partial charge in [0.2, 0.25) is 0 Å². The van der Waals surface area contributed by atoms with Crippen LogP contribution >= 0.6 is 0 Å². The number of unbranched alkanes of at least 4 members (excludes halogenated alkanes) is 5. The second-order valence-corrected chi connectivity index (χ2v) is 20.0. The quantitative estimate of drug-likeness (QED) is 0.103. The van der Waals surface area contributed by atoms with E-state index in [0.717, 1.165) is 89.9 Å². The lowest BCUT2D eigenvalue weighted by Gasteiger charge is -2.70. The molecular weight excluding hydrogens is 657 g/mol. The van der Waals surface area contributed by atoms with Gasteiger partial charge in [-0.05, 0) is 143 Å². The standard InChI is InChI=1S/C48H74O5/c1-9-10-11-12-13-14-15-16-17-18-19-20-21-22-23-24-40(50)53-39-26-27-46(6)38(43(39,2)3)25-28-48(8)41(46)37(49)33-35-36-34-45(5,42(51)52)30-29-44(36,4)31-32-47(35,48)7/h10-11,13-14,16-17,33,36,38-39,41H,9,12,15,18-32,34H2,1-8H3,(H,51,52)/t36-,38?,39+,41-,44-,45+,46+,47-,48-/m1/s1. The van der Waals surface area contributed by atoms with E-state index in [9.17, 15) is 19.5 Å². The minimum atomic E-state index is -0.742. The van der Waals surface area contributed by atoms with Crippen molar-refractivity contribution >= 4 is 17.7 Å². The number of fused-ring (bicyclic) bond motifs is 7. The van der Waals surface area contributed by atoms with E-state index in [0.29, 0.717) is 19.3 Å². The van der Waals surface area contributed by atoms with Crippen LogP contribution in [0.15, 0.2) is 48.1 Å². The van der Waals surface area contributed by atoms with Gasteiger partial charge in [-0.25, -0.2) is 0 Å². The molecule has 0 aromatic rings. The predicted octanol–water partition coefficient (Wildman–Crippen LogP) is 12.6. The molecular formula is C48H74O5. The summed E-state index contributed by atoms with van der Waals surface area (Å²) >= 11 is 0. The predicted molar refractivity (Wildman–Crippen MR) is 216 cm³/mol. The van der Waals surface area contributed by atoms with Crippen molar-refractivity contribution in [2.24, 2.45) is 50.2 Å². The number of allylic oxidation sites excluding steroid dienone is 8. The van der Waals surface area contributed by atoms with Crippen LogP contribution < -0.4 is 0 Å². The first-order valence-electron chi connectivity index (χ1n) is 21.6. The number of carbonyl (C=O) groups excluding carboxylic acids is 2. The lowest BCUT2D eigenvalue weighted by atomic mass is 9.33. The molecule has 0 aliphatic heterocycles. The van der Waals surface area contributed by atoms with E-state index in [1.165, 1.54) is 18.4 Å². The monoisotopic (exact) mass is 731 g/mol. The van der Waals surface area contributed by atoms with Crippen LogP contribution in [-0.2, 0) is 19.1 Å². The zero-order valence-corrected chi connectivity index (χ0v) is 34.9. The Bertz CT molecular complexity index is 1470. The van der Waals surface area contributed by atoms with Crippen molar-refractivity contribution in [2.45, 2.75) is 183 Å². The highest BCUT2D eigenvalue weighted by molar-refractivity contribution is 5.95. The summed E-state index contributed by atoms with van der Waals surface area (Å²) in [5.74, 6) is -0.154. The van der Waals surface area contributed by atoms with Crippen LogP contribution in [0.5, 0.6) is 0 Å². The van der Waals surface area contributed by atoms with E-state index in [2.05, 4.69) is 84.9 Å². The van der Waals surface area contributed by atoms with Crippen molar-refractivity contribution in [1.29, 1.82) is 0 Å². The minimum Gasteiger partial charge on any atom is -0.481 e. The molecule has 0 saturated heterocycles. The van der Waals surface area contributed by atoms with Crippen LogP contribution in [0.3, 0.4) is 0 Å². The smallest absolute Gasteiger partial charge is 0.309 e. The van der Waals surface area contributed by atoms with Crippen LogP contribution in [0.1, 0.15) is 177 Å². The van der Waals surface area contributed by atoms with Crippen LogP contribution in [-0.4, -0.2) is 28.9 Å². The lowest BCUT2D eigenvalue weighted by molar-refractivity contribution is -0.211. The van der Waals surface area contributed by atoms with Gasteiger partial charge in [-0.1, -0.05) is 110 Å². The van der Waals surface area contributed by atoms with Crippen LogP contribution in [0.25, 0.3) is 0 Å². The number of carboxylic acid groups (broad SMARTS) is 1. The van der Waals surface area contributed by atoms with Gasteiger partial charge in [0.1, 0.15) is 6.10 Å². The Morgan fingerprint density at radius 3 is 2.13 bits per heavy atom. The Labute approximate surface area is 322 Å². The Balaban J connectivity index is 1.15. The van der Waals surface area contributed by atoms with E-state index in [-0.39, 0.29) is 62.7 Å². The minimum absolute atomic E-state index is 0.0512. The van der Waals surface area contributed by atoms with Gasteiger partial charge >= 0.3 is 11.9 Å². The summed E-state index contributed by atoms with van der Waals surface area (Å²) in [6.07, 6.45) is 33.7. The molecule has 5 heteroatoms. The number of carboxylic acids is 1. The maximum atomic E-state index is 14.7. The molecule has 0 bridgehead atoms. The molecule has 1 N–H and O–H groups in total. The summed E-state index contributed by atoms with van der Waals surface area (Å²) in [6.45, 7) is 18.3. The molecule has 4 fully saturated rings. The van der Waals surface area contributed by atoms with Gasteiger partial charge in [0.25, 0.3) is 0 Å². The fourth-order valence-electron chi connectivity index (χ4n) is 12.7. The molecule has 5 nitrogen and oxygen atoms in total. The molecule has 5 aliphatic carbocycles. The van der Waals surface area contributed by atoms with Gasteiger partial charge in [-0.2, -0.15) is 0 Å². The van der Waals surface area contributed by atoms with Crippen molar-refractivity contribution in [1.82, 2.24) is 0 Å². The highest BCUT2D eigenvalue weighted by atomic mass is 16.5. The highest BCUT2D eigenvalue weighted by Crippen LogP contribution is 2.75. The maximum absolute atomic E-state index is 14.7. The summed E-state index contributed by atoms with van der Waals surface area (Å²) in [6, 6.07) is 0. The zero-order valence-electron chi connectivity index (χ0n) is 34.9. The van der Waals surface area contributed by atoms with Gasteiger partial charge in [0.15, 0.2) is 5.78 Å². The molecule has 4 saturated carbocycles. The topological polar surface area (TPSA) is 80.7 Å². The fraction of sp³-hybridized carbons (Fsp3) is 0.771. The average molecular weight is 731 g/mol. The van der Waals surface area contributed by atoms with E-state index in [4.69, 9.17) is 4.74 Å². The van der Waals surface area contributed by atoms with E-state index in [1.54, 1.807) is 0 Å². The summed E-state index contributed by atoms with van der Waals surface area (Å²) in [4.78, 5) is 40.3. The van der Waals surface area contributed by atoms with E-state index >= 15 is 0 Å². The van der Waals surface area contributed by atoms with Crippen molar-refractivity contribution in [2.75, 3.05) is 0 Å². The number of ether oxygens (including phenoxy) is 1. The van der Waals surface area contributed by atoms with Crippen molar-refractivity contribution in [3.05, 3.63) is 48.1 Å². The summed E-state index contributed by atoms with van der Waals surface area (Å²) in [5, 5.41) is 10.2. The molecule has 53 heavy (non-hydrogen) atoms. The highest BCUT2D eigenvalue weighted by Gasteiger charge is 2.70. The lowest BCUT2D eigenvalue weighted by Crippen LogP contribution is -2.66. The third-order valence-corrected chi connectivity index (χ3v) is 16.3. The van der Waals surface area contributed by atoms with Gasteiger partial charge in [0, 0.05) is 17.8 Å². The fourth-order valence-corrected chi connectivity index (χ4v) is 12.7. The third-order valence-electron chi connectivity index (χ3n) is 16.3. The summed E-state index contributed by atoms with van der Waals surface area (Å²) in [5.41, 5.74) is -0.142. The summed E-state index contributed by atoms with van der Waals surface area (Å²) in [7, 11) is 0. The first kappa shape index (κ1) is 41.7. The van der Waals surface area contributed by atoms with Crippen molar-refractivity contribution < 1.29 is 24.2 Å². The molecule has 296 valence electrons. The second-order valence-electron chi connectivity index (χ2n) is 20.0. The molecule has 0 aromatic carbocycles. The molecule has 1 unspecified atom stereocenters. The molecule has 0 heterocycles. The van der Waals surface area contributed by atoms with Crippen LogP contribution in [0.2, 0.25) is 0 Å². The number of esters is 1. The SMILES string of the molecule is CCC=CCC=CCC=CCCCCCCCC(=O)O[C@H]1CC[C@@]2(C)C(CC[C@]3(C)[C@@H]2C(=O)C=C2[C@H]4C[C@@](C)(C(=O)O)CC[C@]4(C)CC[C@]23C)C1(C)C.